The minimum absolute atomic E-state index is 0.673. The first-order valence-electron chi connectivity index (χ1n) is 5.95. The van der Waals surface area contributed by atoms with Crippen molar-refractivity contribution in [2.24, 2.45) is 0 Å². The zero-order valence-corrected chi connectivity index (χ0v) is 12.6. The van der Waals surface area contributed by atoms with Gasteiger partial charge < -0.3 is 5.32 Å². The fourth-order valence-corrected chi connectivity index (χ4v) is 2.89. The van der Waals surface area contributed by atoms with E-state index >= 15 is 0 Å². The van der Waals surface area contributed by atoms with E-state index in [4.69, 9.17) is 23.2 Å². The van der Waals surface area contributed by atoms with E-state index < -0.39 is 0 Å². The van der Waals surface area contributed by atoms with Gasteiger partial charge in [-0.05, 0) is 24.3 Å². The summed E-state index contributed by atoms with van der Waals surface area (Å²) in [7, 11) is 0. The number of benzene rings is 2. The highest BCUT2D eigenvalue weighted by atomic mass is 35.5. The van der Waals surface area contributed by atoms with E-state index in [1.54, 1.807) is 0 Å². The second-order valence-electron chi connectivity index (χ2n) is 4.15. The number of hydrogen-bond acceptors (Lipinski definition) is 3. The van der Waals surface area contributed by atoms with Crippen LogP contribution in [0.4, 0.5) is 10.8 Å². The topological polar surface area (TPSA) is 24.9 Å². The lowest BCUT2D eigenvalue weighted by Gasteiger charge is -2.04. The zero-order valence-electron chi connectivity index (χ0n) is 10.3. The molecule has 2 aromatic carbocycles. The van der Waals surface area contributed by atoms with Crippen LogP contribution in [0.3, 0.4) is 0 Å². The van der Waals surface area contributed by atoms with Gasteiger partial charge in [-0.25, -0.2) is 4.98 Å². The van der Waals surface area contributed by atoms with Gasteiger partial charge >= 0.3 is 0 Å². The Morgan fingerprint density at radius 3 is 2.65 bits per heavy atom. The third kappa shape index (κ3) is 2.96. The van der Waals surface area contributed by atoms with Crippen molar-refractivity contribution >= 4 is 45.4 Å². The average Bonchev–Trinajstić information content (AvgIpc) is 2.90. The lowest BCUT2D eigenvalue weighted by molar-refractivity contribution is 1.38. The van der Waals surface area contributed by atoms with Crippen molar-refractivity contribution in [2.45, 2.75) is 0 Å². The first-order chi connectivity index (χ1) is 9.72. The third-order valence-corrected chi connectivity index (χ3v) is 4.06. The van der Waals surface area contributed by atoms with Crippen molar-refractivity contribution < 1.29 is 0 Å². The predicted octanol–water partition coefficient (Wildman–Crippen LogP) is 5.86. The monoisotopic (exact) mass is 320 g/mol. The van der Waals surface area contributed by atoms with E-state index in [1.165, 1.54) is 11.3 Å². The normalized spacial score (nSPS) is 10.5. The van der Waals surface area contributed by atoms with E-state index in [2.05, 4.69) is 10.3 Å². The molecular weight excluding hydrogens is 311 g/mol. The number of nitrogens with one attached hydrogen (secondary N) is 1. The van der Waals surface area contributed by atoms with Gasteiger partial charge in [0.2, 0.25) is 0 Å². The zero-order chi connectivity index (χ0) is 13.9. The molecule has 0 aliphatic heterocycles. The van der Waals surface area contributed by atoms with E-state index in [0.717, 1.165) is 22.1 Å². The van der Waals surface area contributed by atoms with Crippen LogP contribution < -0.4 is 5.32 Å². The quantitative estimate of drug-likeness (QED) is 0.653. The van der Waals surface area contributed by atoms with Crippen molar-refractivity contribution in [2.75, 3.05) is 5.32 Å². The van der Waals surface area contributed by atoms with Gasteiger partial charge in [-0.2, -0.15) is 0 Å². The van der Waals surface area contributed by atoms with E-state index in [-0.39, 0.29) is 0 Å². The molecule has 0 saturated carbocycles. The molecule has 100 valence electrons. The van der Waals surface area contributed by atoms with Crippen LogP contribution in [0.5, 0.6) is 0 Å². The summed E-state index contributed by atoms with van der Waals surface area (Å²) in [5.41, 5.74) is 2.74. The molecule has 5 heteroatoms. The van der Waals surface area contributed by atoms with Crippen LogP contribution in [0, 0.1) is 0 Å². The van der Waals surface area contributed by atoms with Crippen LogP contribution in [-0.2, 0) is 0 Å². The molecule has 0 bridgehead atoms. The summed E-state index contributed by atoms with van der Waals surface area (Å²) >= 11 is 13.6. The van der Waals surface area contributed by atoms with Gasteiger partial charge in [0.1, 0.15) is 0 Å². The second kappa shape index (κ2) is 5.83. The Morgan fingerprint density at radius 2 is 1.85 bits per heavy atom. The molecule has 0 fully saturated rings. The van der Waals surface area contributed by atoms with Gasteiger partial charge in [0.05, 0.1) is 16.4 Å². The van der Waals surface area contributed by atoms with Gasteiger partial charge in [0.25, 0.3) is 0 Å². The molecule has 0 saturated heterocycles. The van der Waals surface area contributed by atoms with Crippen molar-refractivity contribution in [3.05, 3.63) is 64.0 Å². The minimum atomic E-state index is 0.673. The Morgan fingerprint density at radius 1 is 1.00 bits per heavy atom. The molecule has 0 radical (unpaired) electrons. The first-order valence-corrected chi connectivity index (χ1v) is 7.59. The summed E-state index contributed by atoms with van der Waals surface area (Å²) in [6, 6.07) is 15.2. The summed E-state index contributed by atoms with van der Waals surface area (Å²) < 4.78 is 0. The molecule has 0 aliphatic rings. The molecule has 0 unspecified atom stereocenters. The Bertz CT molecular complexity index is 740. The molecule has 1 aromatic heterocycles. The number of rotatable bonds is 3. The molecule has 0 atom stereocenters. The number of thiazole rings is 1. The Balaban J connectivity index is 1.86. The second-order valence-corrected chi connectivity index (χ2v) is 5.85. The molecule has 1 heterocycles. The largest absolute Gasteiger partial charge is 0.330 e. The number of para-hydroxylation sites is 1. The van der Waals surface area contributed by atoms with Crippen molar-refractivity contribution in [1.82, 2.24) is 4.98 Å². The average molecular weight is 321 g/mol. The number of halogens is 2. The van der Waals surface area contributed by atoms with Crippen LogP contribution in [0.1, 0.15) is 0 Å². The Labute approximate surface area is 131 Å². The molecule has 2 nitrogen and oxygen atoms in total. The van der Waals surface area contributed by atoms with Gasteiger partial charge in [0.15, 0.2) is 5.13 Å². The maximum Gasteiger partial charge on any atom is 0.187 e. The van der Waals surface area contributed by atoms with Crippen LogP contribution >= 0.6 is 34.5 Å². The number of hydrogen-bond donors (Lipinski definition) is 1. The molecule has 0 aliphatic carbocycles. The third-order valence-electron chi connectivity index (χ3n) is 2.74. The van der Waals surface area contributed by atoms with Crippen LogP contribution in [0.15, 0.2) is 53.9 Å². The van der Waals surface area contributed by atoms with Crippen molar-refractivity contribution in [3.63, 3.8) is 0 Å². The van der Waals surface area contributed by atoms with Crippen molar-refractivity contribution in [3.8, 4) is 11.3 Å². The first kappa shape index (κ1) is 13.4. The van der Waals surface area contributed by atoms with E-state index in [0.29, 0.717) is 10.0 Å². The Hall–Kier alpha value is -1.55. The maximum atomic E-state index is 6.12. The molecular formula is C15H10Cl2N2S. The molecule has 0 amide bonds. The summed E-state index contributed by atoms with van der Waals surface area (Å²) in [5, 5.41) is 7.39. The lowest BCUT2D eigenvalue weighted by Crippen LogP contribution is -1.90. The van der Waals surface area contributed by atoms with Gasteiger partial charge in [-0.1, -0.05) is 47.5 Å². The summed E-state index contributed by atoms with van der Waals surface area (Å²) in [5.74, 6) is 0. The van der Waals surface area contributed by atoms with Crippen molar-refractivity contribution in [1.29, 1.82) is 0 Å². The Kier molecular flexibility index (Phi) is 3.92. The number of anilines is 2. The standard InChI is InChI=1S/C15H10Cl2N2S/c16-11-5-3-4-10(8-11)14-9-20-15(19-14)18-13-7-2-1-6-12(13)17/h1-9H,(H,18,19). The van der Waals surface area contributed by atoms with Crippen LogP contribution in [0.2, 0.25) is 10.0 Å². The molecule has 20 heavy (non-hydrogen) atoms. The van der Waals surface area contributed by atoms with Crippen LogP contribution in [-0.4, -0.2) is 4.98 Å². The number of nitrogens with zero attached hydrogens (tertiary/aromatic N) is 1. The summed E-state index contributed by atoms with van der Waals surface area (Å²) in [6.07, 6.45) is 0. The fourth-order valence-electron chi connectivity index (χ4n) is 1.79. The van der Waals surface area contributed by atoms with Gasteiger partial charge in [0, 0.05) is 16.0 Å². The van der Waals surface area contributed by atoms with E-state index in [9.17, 15) is 0 Å². The molecule has 0 spiro atoms. The minimum Gasteiger partial charge on any atom is -0.330 e. The van der Waals surface area contributed by atoms with E-state index in [1.807, 2.05) is 53.9 Å². The van der Waals surface area contributed by atoms with Gasteiger partial charge in [-0.15, -0.1) is 11.3 Å². The highest BCUT2D eigenvalue weighted by molar-refractivity contribution is 7.14. The highest BCUT2D eigenvalue weighted by Gasteiger charge is 2.06. The predicted molar refractivity (Wildman–Crippen MR) is 87.3 cm³/mol. The summed E-state index contributed by atoms with van der Waals surface area (Å²) in [4.78, 5) is 4.55. The molecule has 3 rings (SSSR count). The lowest BCUT2D eigenvalue weighted by atomic mass is 10.2. The fraction of sp³-hybridized carbons (Fsp3) is 0. The summed E-state index contributed by atoms with van der Waals surface area (Å²) in [6.45, 7) is 0. The highest BCUT2D eigenvalue weighted by Crippen LogP contribution is 2.30. The van der Waals surface area contributed by atoms with Crippen LogP contribution in [0.25, 0.3) is 11.3 Å². The maximum absolute atomic E-state index is 6.12. The molecule has 1 N–H and O–H groups in total. The SMILES string of the molecule is Clc1cccc(-c2csc(Nc3ccccc3Cl)n2)c1. The molecule has 3 aromatic rings. The number of aromatic nitrogens is 1. The van der Waals surface area contributed by atoms with Gasteiger partial charge in [-0.3, -0.25) is 0 Å². The smallest absolute Gasteiger partial charge is 0.187 e.